The van der Waals surface area contributed by atoms with Gasteiger partial charge in [-0.25, -0.2) is 23.3 Å². The quantitative estimate of drug-likeness (QED) is 0.319. The number of unbranched alkanes of at least 4 members (excludes halogenated alkanes) is 2. The molecule has 0 fully saturated rings. The van der Waals surface area contributed by atoms with E-state index in [0.29, 0.717) is 0 Å². The van der Waals surface area contributed by atoms with Gasteiger partial charge in [0.1, 0.15) is 0 Å². The molecule has 0 amide bonds. The summed E-state index contributed by atoms with van der Waals surface area (Å²) in [6.07, 6.45) is 21.0. The molecule has 0 spiro atoms. The molecular formula is C22H37SiZr. The molecule has 0 bridgehead atoms. The van der Waals surface area contributed by atoms with Crippen LogP contribution in [0.4, 0.5) is 0 Å². The Morgan fingerprint density at radius 3 is 1.38 bits per heavy atom. The van der Waals surface area contributed by atoms with Crippen LogP contribution in [0.25, 0.3) is 0 Å². The van der Waals surface area contributed by atoms with Crippen LogP contribution in [0.1, 0.15) is 79.1 Å². The molecule has 0 unspecified atom stereocenters. The van der Waals surface area contributed by atoms with E-state index in [1.54, 1.807) is 11.1 Å². The molecule has 133 valence electrons. The normalized spacial score (nSPS) is 14.9. The van der Waals surface area contributed by atoms with Crippen molar-refractivity contribution in [3.8, 4) is 0 Å². The van der Waals surface area contributed by atoms with Crippen molar-refractivity contribution in [1.29, 1.82) is 0 Å². The maximum absolute atomic E-state index is 3.23. The fourth-order valence-electron chi connectivity index (χ4n) is 2.46. The fourth-order valence-corrected chi connectivity index (χ4v) is 2.46. The second-order valence-corrected chi connectivity index (χ2v) is 7.75. The Kier molecular flexibility index (Phi) is 19.6. The summed E-state index contributed by atoms with van der Waals surface area (Å²) in [6.45, 7) is 13.2. The Labute approximate surface area is 173 Å². The molecule has 0 heterocycles. The van der Waals surface area contributed by atoms with E-state index in [0.717, 1.165) is 9.52 Å². The minimum Gasteiger partial charge on any atom is -0.253 e. The second-order valence-electron chi connectivity index (χ2n) is 6.59. The van der Waals surface area contributed by atoms with E-state index in [9.17, 15) is 0 Å². The molecule has 0 saturated heterocycles. The van der Waals surface area contributed by atoms with Crippen LogP contribution in [0, 0.1) is 12.2 Å². The van der Waals surface area contributed by atoms with Gasteiger partial charge in [-0.2, -0.15) is 11.1 Å². The molecule has 0 atom stereocenters. The van der Waals surface area contributed by atoms with Gasteiger partial charge in [0.25, 0.3) is 0 Å². The van der Waals surface area contributed by atoms with Gasteiger partial charge in [-0.05, 0) is 0 Å². The largest absolute Gasteiger partial charge is 2.00 e. The first-order chi connectivity index (χ1) is 11.1. The van der Waals surface area contributed by atoms with Gasteiger partial charge in [0, 0.05) is 9.52 Å². The van der Waals surface area contributed by atoms with Crippen LogP contribution in [-0.4, -0.2) is 9.52 Å². The van der Waals surface area contributed by atoms with Crippen LogP contribution >= 0.6 is 0 Å². The summed E-state index contributed by atoms with van der Waals surface area (Å²) in [4.78, 5) is 0. The van der Waals surface area contributed by atoms with E-state index in [1.807, 2.05) is 0 Å². The molecule has 2 aliphatic rings. The average molecular weight is 421 g/mol. The Morgan fingerprint density at radius 1 is 0.833 bits per heavy atom. The molecule has 0 N–H and O–H groups in total. The van der Waals surface area contributed by atoms with Gasteiger partial charge < -0.3 is 0 Å². The summed E-state index contributed by atoms with van der Waals surface area (Å²) in [7, 11) is 0.750. The van der Waals surface area contributed by atoms with Crippen molar-refractivity contribution in [3.63, 3.8) is 0 Å². The molecule has 0 aromatic rings. The molecule has 0 aromatic heterocycles. The van der Waals surface area contributed by atoms with Crippen molar-refractivity contribution in [2.45, 2.75) is 92.2 Å². The van der Waals surface area contributed by atoms with Crippen LogP contribution in [0.3, 0.4) is 0 Å². The van der Waals surface area contributed by atoms with Crippen LogP contribution in [-0.2, 0) is 26.2 Å². The van der Waals surface area contributed by atoms with Crippen molar-refractivity contribution in [1.82, 2.24) is 0 Å². The Hall–Kier alpha value is 0.0600. The predicted molar refractivity (Wildman–Crippen MR) is 108 cm³/mol. The molecule has 0 nitrogen and oxygen atoms in total. The Bertz CT molecular complexity index is 387. The first-order valence-corrected chi connectivity index (χ1v) is 11.7. The zero-order chi connectivity index (χ0) is 17.5. The van der Waals surface area contributed by atoms with Gasteiger partial charge in [-0.3, -0.25) is 12.2 Å². The first kappa shape index (κ1) is 26.3. The zero-order valence-corrected chi connectivity index (χ0v) is 20.5. The van der Waals surface area contributed by atoms with Gasteiger partial charge in [-0.15, -0.1) is 0 Å². The summed E-state index contributed by atoms with van der Waals surface area (Å²) >= 11 is 0. The Morgan fingerprint density at radius 2 is 1.17 bits per heavy atom. The van der Waals surface area contributed by atoms with Crippen molar-refractivity contribution in [3.05, 3.63) is 46.6 Å². The standard InChI is InChI=1S/2C10H15.C2H7Si.Zr/c2*1-3-4-5-10-7-6-9(2)8-10;1-3-2;/h2*7H,3-5,8H2,1-2H3;3H,1-2H3;/q2*-1;;+2. The minimum atomic E-state index is 0. The average Bonchev–Trinajstić information content (AvgIpc) is 3.13. The third-order valence-corrected chi connectivity index (χ3v) is 3.73. The molecule has 2 heteroatoms. The van der Waals surface area contributed by atoms with Gasteiger partial charge >= 0.3 is 26.2 Å². The minimum absolute atomic E-state index is 0. The van der Waals surface area contributed by atoms with Crippen molar-refractivity contribution >= 4 is 9.52 Å². The van der Waals surface area contributed by atoms with Gasteiger partial charge in [0.05, 0.1) is 0 Å². The number of hydrogen-bond acceptors (Lipinski definition) is 0. The van der Waals surface area contributed by atoms with E-state index in [1.165, 1.54) is 62.5 Å². The Balaban J connectivity index is 0. The van der Waals surface area contributed by atoms with Crippen molar-refractivity contribution in [2.75, 3.05) is 0 Å². The maximum Gasteiger partial charge on any atom is 2.00 e. The number of rotatable bonds is 6. The maximum atomic E-state index is 3.23. The van der Waals surface area contributed by atoms with E-state index >= 15 is 0 Å². The zero-order valence-electron chi connectivity index (χ0n) is 16.9. The number of hydrogen-bond donors (Lipinski definition) is 0. The molecular weight excluding hydrogens is 384 g/mol. The summed E-state index contributed by atoms with van der Waals surface area (Å²) in [5, 5.41) is 0. The molecule has 24 heavy (non-hydrogen) atoms. The summed E-state index contributed by atoms with van der Waals surface area (Å²) < 4.78 is 0. The van der Waals surface area contributed by atoms with E-state index in [4.69, 9.17) is 0 Å². The van der Waals surface area contributed by atoms with Crippen LogP contribution in [0.2, 0.25) is 13.1 Å². The third-order valence-electron chi connectivity index (χ3n) is 3.73. The van der Waals surface area contributed by atoms with Gasteiger partial charge in [0.15, 0.2) is 0 Å². The monoisotopic (exact) mass is 419 g/mol. The molecule has 2 rings (SSSR count). The number of allylic oxidation sites excluding steroid dienone is 8. The van der Waals surface area contributed by atoms with Crippen molar-refractivity contribution in [2.24, 2.45) is 0 Å². The van der Waals surface area contributed by atoms with E-state index in [-0.39, 0.29) is 26.2 Å². The summed E-state index contributed by atoms with van der Waals surface area (Å²) in [5.74, 6) is 0. The summed E-state index contributed by atoms with van der Waals surface area (Å²) in [6, 6.07) is 0. The van der Waals surface area contributed by atoms with Crippen LogP contribution in [0.5, 0.6) is 0 Å². The third kappa shape index (κ3) is 14.4. The van der Waals surface area contributed by atoms with Gasteiger partial charge in [0.2, 0.25) is 0 Å². The predicted octanol–water partition coefficient (Wildman–Crippen LogP) is 7.03. The molecule has 1 radical (unpaired) electrons. The molecule has 2 aliphatic carbocycles. The smallest absolute Gasteiger partial charge is 0.253 e. The summed E-state index contributed by atoms with van der Waals surface area (Å²) in [5.41, 5.74) is 5.93. The molecule has 0 aromatic carbocycles. The molecule has 0 aliphatic heterocycles. The first-order valence-electron chi connectivity index (χ1n) is 9.34. The van der Waals surface area contributed by atoms with Gasteiger partial charge in [-0.1, -0.05) is 92.2 Å². The second kappa shape index (κ2) is 17.9. The SMILES string of the molecule is CCCCC1=C[C-]=C(C)C1.CCCCC1=C[C-]=C(C)C1.C[SiH]C.[Zr+2]. The molecule has 0 saturated carbocycles. The van der Waals surface area contributed by atoms with Crippen molar-refractivity contribution < 1.29 is 26.2 Å². The van der Waals surface area contributed by atoms with E-state index < -0.39 is 0 Å². The topological polar surface area (TPSA) is 0 Å². The van der Waals surface area contributed by atoms with Crippen LogP contribution < -0.4 is 0 Å². The van der Waals surface area contributed by atoms with Crippen LogP contribution in [0.15, 0.2) is 34.4 Å². The van der Waals surface area contributed by atoms with E-state index in [2.05, 4.69) is 65.1 Å². The fraction of sp³-hybridized carbons (Fsp3) is 0.636.